The Bertz CT molecular complexity index is 954. The summed E-state index contributed by atoms with van der Waals surface area (Å²) in [6.07, 6.45) is 8.79. The first-order chi connectivity index (χ1) is 17.2. The van der Waals surface area contributed by atoms with E-state index < -0.39 is 23.9 Å². The number of primary amides is 1. The minimum Gasteiger partial charge on any atom is -0.488 e. The van der Waals surface area contributed by atoms with Crippen LogP contribution in [0.15, 0.2) is 23.2 Å². The highest BCUT2D eigenvalue weighted by molar-refractivity contribution is 6.00. The molecular formula is C25H39N7O4. The molecule has 2 fully saturated rings. The number of nitrogens with one attached hydrogen (secondary N) is 2. The molecule has 0 spiro atoms. The van der Waals surface area contributed by atoms with Gasteiger partial charge in [0.05, 0.1) is 17.8 Å². The molecule has 3 rings (SSSR count). The average Bonchev–Trinajstić information content (AvgIpc) is 3.66. The molecule has 3 amide bonds. The van der Waals surface area contributed by atoms with Crippen LogP contribution in [0.3, 0.4) is 0 Å². The second-order valence-corrected chi connectivity index (χ2v) is 9.74. The minimum absolute atomic E-state index is 0.00821. The first-order valence-corrected chi connectivity index (χ1v) is 12.8. The Labute approximate surface area is 211 Å². The van der Waals surface area contributed by atoms with Crippen LogP contribution in [0.1, 0.15) is 74.6 Å². The second-order valence-electron chi connectivity index (χ2n) is 9.74. The lowest BCUT2D eigenvalue weighted by molar-refractivity contribution is -0.127. The molecule has 0 bridgehead atoms. The third-order valence-electron chi connectivity index (χ3n) is 6.57. The van der Waals surface area contributed by atoms with Crippen LogP contribution in [-0.4, -0.2) is 48.4 Å². The van der Waals surface area contributed by atoms with Gasteiger partial charge in [-0.15, -0.1) is 0 Å². The standard InChI is InChI=1S/C25H39N7O4/c26-18(7-4-12-30-25(28)29)23(34)32-20(13-15-5-2-1-3-6-15)24(35)31-19-11-8-16(22(27)33)14-21(19)36-17-9-10-17/h8,11,14-15,17-18,20H,1-7,9-10,12-13,26H2,(H2,27,33)(H,31,35)(H,32,34)(H4,28,29,30)/t18-,20-/m0/s1. The molecule has 10 N–H and O–H groups in total. The highest BCUT2D eigenvalue weighted by Crippen LogP contribution is 2.33. The summed E-state index contributed by atoms with van der Waals surface area (Å²) >= 11 is 0. The molecule has 0 aliphatic heterocycles. The number of hydrogen-bond acceptors (Lipinski definition) is 6. The van der Waals surface area contributed by atoms with Gasteiger partial charge < -0.3 is 38.3 Å². The number of guanidine groups is 1. The van der Waals surface area contributed by atoms with Crippen LogP contribution in [0.5, 0.6) is 5.75 Å². The summed E-state index contributed by atoms with van der Waals surface area (Å²) in [5.74, 6) is -0.604. The lowest BCUT2D eigenvalue weighted by Crippen LogP contribution is -2.50. The van der Waals surface area contributed by atoms with E-state index in [2.05, 4.69) is 15.6 Å². The maximum absolute atomic E-state index is 13.4. The molecule has 36 heavy (non-hydrogen) atoms. The van der Waals surface area contributed by atoms with Gasteiger partial charge in [-0.25, -0.2) is 0 Å². The van der Waals surface area contributed by atoms with E-state index in [0.29, 0.717) is 48.7 Å². The summed E-state index contributed by atoms with van der Waals surface area (Å²) in [5.41, 5.74) is 22.9. The summed E-state index contributed by atoms with van der Waals surface area (Å²) in [6, 6.07) is 3.14. The van der Waals surface area contributed by atoms with E-state index in [9.17, 15) is 14.4 Å². The molecule has 11 heteroatoms. The predicted molar refractivity (Wildman–Crippen MR) is 138 cm³/mol. The number of rotatable bonds is 13. The van der Waals surface area contributed by atoms with Gasteiger partial charge in [-0.1, -0.05) is 32.1 Å². The van der Waals surface area contributed by atoms with Crippen LogP contribution in [0.2, 0.25) is 0 Å². The molecule has 1 aromatic rings. The zero-order valence-electron chi connectivity index (χ0n) is 20.7. The summed E-state index contributed by atoms with van der Waals surface area (Å²) in [7, 11) is 0. The second kappa shape index (κ2) is 13.1. The number of nitrogens with two attached hydrogens (primary N) is 4. The number of carbonyl (C=O) groups is 3. The van der Waals surface area contributed by atoms with Crippen LogP contribution >= 0.6 is 0 Å². The van der Waals surface area contributed by atoms with Crippen molar-refractivity contribution >= 4 is 29.4 Å². The lowest BCUT2D eigenvalue weighted by Gasteiger charge is -2.27. The van der Waals surface area contributed by atoms with Gasteiger partial charge in [-0.05, 0) is 56.2 Å². The lowest BCUT2D eigenvalue weighted by atomic mass is 9.84. The van der Waals surface area contributed by atoms with Crippen molar-refractivity contribution in [3.63, 3.8) is 0 Å². The van der Waals surface area contributed by atoms with Crippen molar-refractivity contribution in [2.75, 3.05) is 11.9 Å². The minimum atomic E-state index is -0.788. The van der Waals surface area contributed by atoms with E-state index in [4.69, 9.17) is 27.7 Å². The average molecular weight is 502 g/mol. The predicted octanol–water partition coefficient (Wildman–Crippen LogP) is 1.10. The Morgan fingerprint density at radius 2 is 1.75 bits per heavy atom. The molecule has 2 saturated carbocycles. The van der Waals surface area contributed by atoms with Crippen LogP contribution in [0.4, 0.5) is 5.69 Å². The van der Waals surface area contributed by atoms with Gasteiger partial charge in [0, 0.05) is 12.1 Å². The Morgan fingerprint density at radius 1 is 1.03 bits per heavy atom. The quantitative estimate of drug-likeness (QED) is 0.132. The Kier molecular flexibility index (Phi) is 9.92. The first kappa shape index (κ1) is 27.3. The van der Waals surface area contributed by atoms with Crippen molar-refractivity contribution in [1.29, 1.82) is 0 Å². The fourth-order valence-electron chi connectivity index (χ4n) is 4.38. The van der Waals surface area contributed by atoms with Gasteiger partial charge >= 0.3 is 0 Å². The molecule has 0 unspecified atom stereocenters. The van der Waals surface area contributed by atoms with Crippen molar-refractivity contribution in [2.24, 2.45) is 33.8 Å². The van der Waals surface area contributed by atoms with E-state index in [0.717, 1.165) is 38.5 Å². The van der Waals surface area contributed by atoms with E-state index in [1.54, 1.807) is 12.1 Å². The van der Waals surface area contributed by atoms with Gasteiger partial charge in [0.15, 0.2) is 5.96 Å². The maximum atomic E-state index is 13.4. The number of amides is 3. The molecule has 0 saturated heterocycles. The molecule has 0 heterocycles. The molecular weight excluding hydrogens is 462 g/mol. The van der Waals surface area contributed by atoms with Crippen molar-refractivity contribution in [2.45, 2.75) is 82.4 Å². The summed E-state index contributed by atoms with van der Waals surface area (Å²) < 4.78 is 5.91. The topological polar surface area (TPSA) is 201 Å². The van der Waals surface area contributed by atoms with Crippen molar-refractivity contribution in [1.82, 2.24) is 5.32 Å². The summed E-state index contributed by atoms with van der Waals surface area (Å²) in [4.78, 5) is 41.8. The summed E-state index contributed by atoms with van der Waals surface area (Å²) in [6.45, 7) is 0.375. The maximum Gasteiger partial charge on any atom is 0.248 e. The molecule has 198 valence electrons. The number of anilines is 1. The number of aliphatic imine (C=N–C) groups is 1. The van der Waals surface area contributed by atoms with Crippen LogP contribution in [0.25, 0.3) is 0 Å². The highest BCUT2D eigenvalue weighted by atomic mass is 16.5. The number of carbonyl (C=O) groups excluding carboxylic acids is 3. The van der Waals surface area contributed by atoms with E-state index in [1.807, 2.05) is 0 Å². The molecule has 2 atom stereocenters. The fraction of sp³-hybridized carbons (Fsp3) is 0.600. The summed E-state index contributed by atoms with van der Waals surface area (Å²) in [5, 5.41) is 5.75. The van der Waals surface area contributed by atoms with Crippen molar-refractivity contribution in [3.8, 4) is 5.75 Å². The monoisotopic (exact) mass is 501 g/mol. The van der Waals surface area contributed by atoms with Crippen LogP contribution < -0.4 is 38.3 Å². The number of nitrogens with zero attached hydrogens (tertiary/aromatic N) is 1. The number of hydrogen-bond donors (Lipinski definition) is 6. The highest BCUT2D eigenvalue weighted by Gasteiger charge is 2.29. The van der Waals surface area contributed by atoms with Gasteiger partial charge in [0.25, 0.3) is 0 Å². The Hall–Kier alpha value is -3.34. The smallest absolute Gasteiger partial charge is 0.248 e. The Morgan fingerprint density at radius 3 is 2.39 bits per heavy atom. The third-order valence-corrected chi connectivity index (χ3v) is 6.57. The van der Waals surface area contributed by atoms with Gasteiger partial charge in [-0.2, -0.15) is 0 Å². The van der Waals surface area contributed by atoms with Crippen LogP contribution in [-0.2, 0) is 9.59 Å². The first-order valence-electron chi connectivity index (χ1n) is 12.8. The zero-order valence-corrected chi connectivity index (χ0v) is 20.7. The Balaban J connectivity index is 1.69. The number of benzene rings is 1. The third kappa shape index (κ3) is 8.71. The van der Waals surface area contributed by atoms with E-state index >= 15 is 0 Å². The SMILES string of the molecule is NC(=O)c1ccc(NC(=O)[C@H](CC2CCCCC2)NC(=O)[C@@H](N)CCCN=C(N)N)c(OC2CC2)c1. The molecule has 11 nitrogen and oxygen atoms in total. The molecule has 2 aliphatic carbocycles. The normalized spacial score (nSPS) is 17.5. The molecule has 0 radical (unpaired) electrons. The van der Waals surface area contributed by atoms with Gasteiger partial charge in [0.1, 0.15) is 11.8 Å². The van der Waals surface area contributed by atoms with Crippen molar-refractivity contribution in [3.05, 3.63) is 23.8 Å². The molecule has 2 aliphatic rings. The zero-order chi connectivity index (χ0) is 26.1. The van der Waals surface area contributed by atoms with Gasteiger partial charge in [-0.3, -0.25) is 19.4 Å². The molecule has 1 aromatic carbocycles. The van der Waals surface area contributed by atoms with Crippen molar-refractivity contribution < 1.29 is 19.1 Å². The van der Waals surface area contributed by atoms with E-state index in [1.165, 1.54) is 12.5 Å². The fourth-order valence-corrected chi connectivity index (χ4v) is 4.38. The largest absolute Gasteiger partial charge is 0.488 e. The van der Waals surface area contributed by atoms with Gasteiger partial charge in [0.2, 0.25) is 17.7 Å². The van der Waals surface area contributed by atoms with Crippen LogP contribution in [0, 0.1) is 5.92 Å². The number of ether oxygens (including phenoxy) is 1. The van der Waals surface area contributed by atoms with E-state index in [-0.39, 0.29) is 18.0 Å². The molecule has 0 aromatic heterocycles.